The number of hydrogen-bond donors (Lipinski definition) is 1. The molecule has 18 heavy (non-hydrogen) atoms. The van der Waals surface area contributed by atoms with Gasteiger partial charge in [0.15, 0.2) is 0 Å². The number of rotatable bonds is 3. The fraction of sp³-hybridized carbons (Fsp3) is 0.0833. The Morgan fingerprint density at radius 3 is 2.83 bits per heavy atom. The fourth-order valence-electron chi connectivity index (χ4n) is 1.40. The van der Waals surface area contributed by atoms with Crippen molar-refractivity contribution in [1.29, 1.82) is 0 Å². The van der Waals surface area contributed by atoms with Gasteiger partial charge in [0.1, 0.15) is 16.4 Å². The van der Waals surface area contributed by atoms with Crippen molar-refractivity contribution in [2.45, 2.75) is 0 Å². The van der Waals surface area contributed by atoms with E-state index in [9.17, 15) is 9.18 Å². The lowest BCUT2D eigenvalue weighted by molar-refractivity contribution is 0.102. The normalized spacial score (nSPS) is 10.2. The number of ether oxygens (including phenoxy) is 1. The molecule has 6 heteroatoms. The monoisotopic (exact) mass is 329 g/mol. The van der Waals surface area contributed by atoms with Crippen molar-refractivity contribution in [3.63, 3.8) is 0 Å². The van der Waals surface area contributed by atoms with Gasteiger partial charge in [0.25, 0.3) is 5.91 Å². The van der Waals surface area contributed by atoms with E-state index in [4.69, 9.17) is 4.74 Å². The number of hydrogen-bond acceptors (Lipinski definition) is 3. The van der Waals surface area contributed by atoms with E-state index in [0.717, 1.165) is 4.47 Å². The first kappa shape index (κ1) is 13.0. The predicted octanol–water partition coefficient (Wildman–Crippen LogP) is 3.91. The molecule has 2 rings (SSSR count). The third-order valence-corrected chi connectivity index (χ3v) is 4.07. The molecular formula is C12H9BrFNO2S. The molecule has 3 nitrogen and oxygen atoms in total. The minimum absolute atomic E-state index is 0.262. The summed E-state index contributed by atoms with van der Waals surface area (Å²) >= 11 is 4.61. The lowest BCUT2D eigenvalue weighted by Crippen LogP contribution is -2.11. The Labute approximate surface area is 116 Å². The van der Waals surface area contributed by atoms with Crippen LogP contribution in [0.25, 0.3) is 0 Å². The molecule has 0 fully saturated rings. The molecule has 0 atom stereocenters. The Morgan fingerprint density at radius 1 is 1.44 bits per heavy atom. The number of amides is 1. The average Bonchev–Trinajstić information content (AvgIpc) is 2.77. The molecule has 0 aliphatic heterocycles. The van der Waals surface area contributed by atoms with E-state index in [0.29, 0.717) is 10.6 Å². The highest BCUT2D eigenvalue weighted by atomic mass is 79.9. The fourth-order valence-corrected chi connectivity index (χ4v) is 2.85. The average molecular weight is 330 g/mol. The molecule has 0 saturated carbocycles. The lowest BCUT2D eigenvalue weighted by atomic mass is 10.2. The number of benzene rings is 1. The molecule has 94 valence electrons. The second kappa shape index (κ2) is 5.49. The van der Waals surface area contributed by atoms with Crippen LogP contribution in [-0.2, 0) is 0 Å². The highest BCUT2D eigenvalue weighted by molar-refractivity contribution is 9.10. The first-order valence-corrected chi connectivity index (χ1v) is 6.67. The van der Waals surface area contributed by atoms with Crippen LogP contribution in [0.2, 0.25) is 0 Å². The van der Waals surface area contributed by atoms with Crippen LogP contribution in [0.4, 0.5) is 10.1 Å². The number of halogens is 2. The van der Waals surface area contributed by atoms with E-state index in [1.807, 2.05) is 0 Å². The molecule has 0 unspecified atom stereocenters. The van der Waals surface area contributed by atoms with Crippen molar-refractivity contribution >= 4 is 38.9 Å². The zero-order chi connectivity index (χ0) is 13.1. The van der Waals surface area contributed by atoms with Gasteiger partial charge in [-0.15, -0.1) is 11.3 Å². The van der Waals surface area contributed by atoms with E-state index in [-0.39, 0.29) is 11.7 Å². The van der Waals surface area contributed by atoms with Crippen LogP contribution < -0.4 is 10.1 Å². The summed E-state index contributed by atoms with van der Waals surface area (Å²) in [6.07, 6.45) is 0. The summed E-state index contributed by atoms with van der Waals surface area (Å²) in [5.74, 6) is -0.389. The van der Waals surface area contributed by atoms with Crippen molar-refractivity contribution in [3.05, 3.63) is 44.8 Å². The molecule has 0 saturated heterocycles. The zero-order valence-corrected chi connectivity index (χ0v) is 11.8. The summed E-state index contributed by atoms with van der Waals surface area (Å²) in [5.41, 5.74) is 0.434. The van der Waals surface area contributed by atoms with Crippen LogP contribution in [0.3, 0.4) is 0 Å². The summed E-state index contributed by atoms with van der Waals surface area (Å²) in [4.78, 5) is 12.5. The standard InChI is InChI=1S/C12H9BrFNO2S/c1-17-10-6-7(14)2-3-9(10)15-12(16)11-8(13)4-5-18-11/h2-6H,1H3,(H,15,16). The minimum Gasteiger partial charge on any atom is -0.494 e. The quantitative estimate of drug-likeness (QED) is 0.927. The molecule has 0 spiro atoms. The molecular weight excluding hydrogens is 321 g/mol. The number of thiophene rings is 1. The highest BCUT2D eigenvalue weighted by Crippen LogP contribution is 2.28. The Morgan fingerprint density at radius 2 is 2.22 bits per heavy atom. The first-order chi connectivity index (χ1) is 8.61. The van der Waals surface area contributed by atoms with E-state index < -0.39 is 5.82 Å². The SMILES string of the molecule is COc1cc(F)ccc1NC(=O)c1sccc1Br. The summed E-state index contributed by atoms with van der Waals surface area (Å²) in [7, 11) is 1.42. The van der Waals surface area contributed by atoms with Crippen LogP contribution in [0, 0.1) is 5.82 Å². The molecule has 0 aliphatic rings. The van der Waals surface area contributed by atoms with Crippen LogP contribution in [-0.4, -0.2) is 13.0 Å². The summed E-state index contributed by atoms with van der Waals surface area (Å²) < 4.78 is 18.8. The topological polar surface area (TPSA) is 38.3 Å². The maximum atomic E-state index is 13.0. The second-order valence-corrected chi connectivity index (χ2v) is 5.17. The molecule has 0 bridgehead atoms. The highest BCUT2D eigenvalue weighted by Gasteiger charge is 2.14. The number of anilines is 1. The third-order valence-electron chi connectivity index (χ3n) is 2.24. The van der Waals surface area contributed by atoms with Crippen LogP contribution in [0.1, 0.15) is 9.67 Å². The van der Waals surface area contributed by atoms with E-state index in [2.05, 4.69) is 21.2 Å². The number of methoxy groups -OCH3 is 1. The van der Waals surface area contributed by atoms with Crippen molar-refractivity contribution in [3.8, 4) is 5.75 Å². The summed E-state index contributed by atoms with van der Waals surface area (Å²) in [6, 6.07) is 5.75. The third kappa shape index (κ3) is 2.70. The van der Waals surface area contributed by atoms with Crippen LogP contribution >= 0.6 is 27.3 Å². The van der Waals surface area contributed by atoms with E-state index >= 15 is 0 Å². The predicted molar refractivity (Wildman–Crippen MR) is 72.9 cm³/mol. The largest absolute Gasteiger partial charge is 0.494 e. The van der Waals surface area contributed by atoms with Gasteiger partial charge in [-0.2, -0.15) is 0 Å². The number of carbonyl (C=O) groups is 1. The Hall–Kier alpha value is -1.40. The van der Waals surface area contributed by atoms with Gasteiger partial charge >= 0.3 is 0 Å². The molecule has 2 aromatic rings. The van der Waals surface area contributed by atoms with Crippen LogP contribution in [0.5, 0.6) is 5.75 Å². The minimum atomic E-state index is -0.415. The maximum Gasteiger partial charge on any atom is 0.266 e. The van der Waals surface area contributed by atoms with Gasteiger partial charge in [-0.25, -0.2) is 4.39 Å². The smallest absolute Gasteiger partial charge is 0.266 e. The molecule has 1 heterocycles. The van der Waals surface area contributed by atoms with Gasteiger partial charge in [0.05, 0.1) is 12.8 Å². The van der Waals surface area contributed by atoms with Crippen molar-refractivity contribution in [1.82, 2.24) is 0 Å². The summed E-state index contributed by atoms with van der Waals surface area (Å²) in [6.45, 7) is 0. The zero-order valence-electron chi connectivity index (χ0n) is 9.37. The summed E-state index contributed by atoms with van der Waals surface area (Å²) in [5, 5.41) is 4.49. The second-order valence-electron chi connectivity index (χ2n) is 3.40. The van der Waals surface area contributed by atoms with Crippen LogP contribution in [0.15, 0.2) is 34.1 Å². The van der Waals surface area contributed by atoms with Gasteiger partial charge in [-0.3, -0.25) is 4.79 Å². The Balaban J connectivity index is 2.24. The van der Waals surface area contributed by atoms with Gasteiger partial charge in [-0.1, -0.05) is 0 Å². The van der Waals surface area contributed by atoms with E-state index in [1.165, 1.54) is 36.6 Å². The van der Waals surface area contributed by atoms with E-state index in [1.54, 1.807) is 11.4 Å². The van der Waals surface area contributed by atoms with Crippen molar-refractivity contribution in [2.75, 3.05) is 12.4 Å². The molecule has 1 amide bonds. The molecule has 1 aromatic carbocycles. The van der Waals surface area contributed by atoms with Crippen molar-refractivity contribution < 1.29 is 13.9 Å². The first-order valence-electron chi connectivity index (χ1n) is 4.99. The lowest BCUT2D eigenvalue weighted by Gasteiger charge is -2.09. The molecule has 0 aliphatic carbocycles. The van der Waals surface area contributed by atoms with Crippen molar-refractivity contribution in [2.24, 2.45) is 0 Å². The molecule has 1 N–H and O–H groups in total. The molecule has 0 radical (unpaired) electrons. The Kier molecular flexibility index (Phi) is 3.98. The van der Waals surface area contributed by atoms with Gasteiger partial charge in [0.2, 0.25) is 0 Å². The number of nitrogens with one attached hydrogen (secondary N) is 1. The molecule has 1 aromatic heterocycles. The number of carbonyl (C=O) groups excluding carboxylic acids is 1. The van der Waals surface area contributed by atoms with Gasteiger partial charge < -0.3 is 10.1 Å². The Bertz CT molecular complexity index is 585. The maximum absolute atomic E-state index is 13.0. The van der Waals surface area contributed by atoms with Gasteiger partial charge in [-0.05, 0) is 39.5 Å². The van der Waals surface area contributed by atoms with Gasteiger partial charge in [0, 0.05) is 10.5 Å².